The van der Waals surface area contributed by atoms with Crippen LogP contribution in [0.5, 0.6) is 0 Å². The molecule has 0 amide bonds. The first-order valence-corrected chi connectivity index (χ1v) is 4.44. The summed E-state index contributed by atoms with van der Waals surface area (Å²) in [7, 11) is 0. The van der Waals surface area contributed by atoms with Crippen molar-refractivity contribution in [1.29, 1.82) is 0 Å². The zero-order valence-electron chi connectivity index (χ0n) is 7.59. The highest BCUT2D eigenvalue weighted by Crippen LogP contribution is 2.16. The number of aliphatic hydroxyl groups excluding tert-OH is 1. The second-order valence-corrected chi connectivity index (χ2v) is 3.37. The first kappa shape index (κ1) is 9.49. The Hall–Kier alpha value is -0.600. The molecule has 0 saturated carbocycles. The van der Waals surface area contributed by atoms with Gasteiger partial charge in [0.1, 0.15) is 0 Å². The highest BCUT2D eigenvalue weighted by Gasteiger charge is 2.13. The van der Waals surface area contributed by atoms with Crippen molar-refractivity contribution in [3.05, 3.63) is 24.3 Å². The molecule has 12 heavy (non-hydrogen) atoms. The lowest BCUT2D eigenvalue weighted by atomic mass is 9.94. The minimum absolute atomic E-state index is 0.305. The Balaban J connectivity index is 2.54. The molecule has 2 N–H and O–H groups in total. The van der Waals surface area contributed by atoms with Crippen molar-refractivity contribution in [2.45, 2.75) is 19.4 Å². The Kier molecular flexibility index (Phi) is 3.50. The average Bonchev–Trinajstić information content (AvgIpc) is 2.05. The van der Waals surface area contributed by atoms with Gasteiger partial charge in [-0.3, -0.25) is 0 Å². The SMILES string of the molecule is C=CCC(C)C1=CC(O)CNC1. The molecule has 0 bridgehead atoms. The van der Waals surface area contributed by atoms with E-state index >= 15 is 0 Å². The van der Waals surface area contributed by atoms with Gasteiger partial charge in [0.05, 0.1) is 6.10 Å². The smallest absolute Gasteiger partial charge is 0.0848 e. The van der Waals surface area contributed by atoms with Crippen molar-refractivity contribution in [3.63, 3.8) is 0 Å². The standard InChI is InChI=1S/C10H17NO/c1-3-4-8(2)9-5-10(12)7-11-6-9/h3,5,8,10-12H,1,4,6-7H2,2H3. The minimum Gasteiger partial charge on any atom is -0.388 e. The van der Waals surface area contributed by atoms with Gasteiger partial charge in [-0.15, -0.1) is 6.58 Å². The quantitative estimate of drug-likeness (QED) is 0.617. The summed E-state index contributed by atoms with van der Waals surface area (Å²) in [5.41, 5.74) is 1.30. The third-order valence-corrected chi connectivity index (χ3v) is 2.24. The fourth-order valence-electron chi connectivity index (χ4n) is 1.47. The van der Waals surface area contributed by atoms with Gasteiger partial charge in [-0.25, -0.2) is 0 Å². The molecule has 2 heteroatoms. The lowest BCUT2D eigenvalue weighted by Gasteiger charge is -2.22. The molecule has 0 fully saturated rings. The van der Waals surface area contributed by atoms with Gasteiger partial charge in [0.25, 0.3) is 0 Å². The molecule has 0 radical (unpaired) electrons. The molecular weight excluding hydrogens is 150 g/mol. The van der Waals surface area contributed by atoms with Gasteiger partial charge in [0.2, 0.25) is 0 Å². The maximum absolute atomic E-state index is 9.33. The van der Waals surface area contributed by atoms with Crippen LogP contribution in [-0.2, 0) is 0 Å². The summed E-state index contributed by atoms with van der Waals surface area (Å²) in [6.45, 7) is 7.46. The fraction of sp³-hybridized carbons (Fsp3) is 0.600. The first-order chi connectivity index (χ1) is 5.74. The van der Waals surface area contributed by atoms with Gasteiger partial charge in [-0.05, 0) is 12.3 Å². The molecule has 0 spiro atoms. The summed E-state index contributed by atoms with van der Waals surface area (Å²) < 4.78 is 0. The van der Waals surface area contributed by atoms with Crippen molar-refractivity contribution in [2.75, 3.05) is 13.1 Å². The summed E-state index contributed by atoms with van der Waals surface area (Å²) in [6.07, 6.45) is 4.57. The predicted molar refractivity (Wildman–Crippen MR) is 50.9 cm³/mol. The van der Waals surface area contributed by atoms with Crippen LogP contribution >= 0.6 is 0 Å². The van der Waals surface area contributed by atoms with Crippen molar-refractivity contribution >= 4 is 0 Å². The number of rotatable bonds is 3. The zero-order valence-corrected chi connectivity index (χ0v) is 7.59. The Morgan fingerprint density at radius 3 is 3.25 bits per heavy atom. The lowest BCUT2D eigenvalue weighted by Crippen LogP contribution is -2.33. The number of aliphatic hydroxyl groups is 1. The van der Waals surface area contributed by atoms with E-state index in [-0.39, 0.29) is 6.10 Å². The van der Waals surface area contributed by atoms with Crippen LogP contribution in [0.3, 0.4) is 0 Å². The summed E-state index contributed by atoms with van der Waals surface area (Å²) in [5, 5.41) is 12.5. The van der Waals surface area contributed by atoms with Crippen LogP contribution in [0.4, 0.5) is 0 Å². The number of β-amino-alcohol motifs (C(OH)–C–C–N with tert-alkyl or cyclic N) is 1. The molecule has 1 aliphatic rings. The molecular formula is C10H17NO. The number of hydrogen-bond acceptors (Lipinski definition) is 2. The van der Waals surface area contributed by atoms with Gasteiger partial charge in [-0.1, -0.05) is 24.6 Å². The summed E-state index contributed by atoms with van der Waals surface area (Å²) >= 11 is 0. The van der Waals surface area contributed by atoms with Gasteiger partial charge < -0.3 is 10.4 Å². The van der Waals surface area contributed by atoms with E-state index in [0.717, 1.165) is 13.0 Å². The number of hydrogen-bond donors (Lipinski definition) is 2. The molecule has 1 aliphatic heterocycles. The van der Waals surface area contributed by atoms with Crippen LogP contribution in [0.1, 0.15) is 13.3 Å². The van der Waals surface area contributed by atoms with Crippen LogP contribution < -0.4 is 5.32 Å². The first-order valence-electron chi connectivity index (χ1n) is 4.44. The molecule has 2 nitrogen and oxygen atoms in total. The molecule has 1 rings (SSSR count). The Morgan fingerprint density at radius 1 is 1.92 bits per heavy atom. The largest absolute Gasteiger partial charge is 0.388 e. The van der Waals surface area contributed by atoms with Gasteiger partial charge in [-0.2, -0.15) is 0 Å². The molecule has 2 unspecified atom stereocenters. The molecule has 1 heterocycles. The molecule has 0 aromatic carbocycles. The van der Waals surface area contributed by atoms with Gasteiger partial charge >= 0.3 is 0 Å². The Morgan fingerprint density at radius 2 is 2.67 bits per heavy atom. The molecule has 68 valence electrons. The molecule has 2 atom stereocenters. The molecule has 0 aromatic rings. The topological polar surface area (TPSA) is 32.3 Å². The monoisotopic (exact) mass is 167 g/mol. The van der Waals surface area contributed by atoms with E-state index in [1.807, 2.05) is 12.2 Å². The minimum atomic E-state index is -0.305. The zero-order chi connectivity index (χ0) is 8.97. The van der Waals surface area contributed by atoms with Crippen LogP contribution in [-0.4, -0.2) is 24.3 Å². The van der Waals surface area contributed by atoms with E-state index in [9.17, 15) is 5.11 Å². The van der Waals surface area contributed by atoms with Crippen molar-refractivity contribution in [2.24, 2.45) is 5.92 Å². The molecule has 0 aromatic heterocycles. The highest BCUT2D eigenvalue weighted by atomic mass is 16.3. The van der Waals surface area contributed by atoms with E-state index < -0.39 is 0 Å². The van der Waals surface area contributed by atoms with Gasteiger partial charge in [0, 0.05) is 13.1 Å². The lowest BCUT2D eigenvalue weighted by molar-refractivity contribution is 0.211. The van der Waals surface area contributed by atoms with Crippen molar-refractivity contribution in [1.82, 2.24) is 5.32 Å². The van der Waals surface area contributed by atoms with Crippen LogP contribution in [0.15, 0.2) is 24.3 Å². The maximum Gasteiger partial charge on any atom is 0.0848 e. The van der Waals surface area contributed by atoms with Crippen molar-refractivity contribution in [3.8, 4) is 0 Å². The number of allylic oxidation sites excluding steroid dienone is 1. The highest BCUT2D eigenvalue weighted by molar-refractivity contribution is 5.14. The Bertz CT molecular complexity index is 186. The molecule has 0 aliphatic carbocycles. The van der Waals surface area contributed by atoms with Gasteiger partial charge in [0.15, 0.2) is 0 Å². The summed E-state index contributed by atoms with van der Waals surface area (Å²) in [4.78, 5) is 0. The second-order valence-electron chi connectivity index (χ2n) is 3.37. The number of nitrogens with one attached hydrogen (secondary N) is 1. The third-order valence-electron chi connectivity index (χ3n) is 2.24. The average molecular weight is 167 g/mol. The second kappa shape index (κ2) is 4.43. The maximum atomic E-state index is 9.33. The van der Waals surface area contributed by atoms with E-state index in [2.05, 4.69) is 18.8 Å². The van der Waals surface area contributed by atoms with E-state index in [4.69, 9.17) is 0 Å². The van der Waals surface area contributed by atoms with Crippen molar-refractivity contribution < 1.29 is 5.11 Å². The Labute approximate surface area is 74.0 Å². The summed E-state index contributed by atoms with van der Waals surface area (Å²) in [6, 6.07) is 0. The van der Waals surface area contributed by atoms with Crippen LogP contribution in [0.25, 0.3) is 0 Å². The summed E-state index contributed by atoms with van der Waals surface area (Å²) in [5.74, 6) is 0.505. The van der Waals surface area contributed by atoms with E-state index in [1.54, 1.807) is 0 Å². The van der Waals surface area contributed by atoms with E-state index in [1.165, 1.54) is 5.57 Å². The van der Waals surface area contributed by atoms with Crippen LogP contribution in [0.2, 0.25) is 0 Å². The predicted octanol–water partition coefficient (Wildman–Crippen LogP) is 1.09. The molecule has 0 saturated heterocycles. The third kappa shape index (κ3) is 2.47. The normalized spacial score (nSPS) is 26.2. The fourth-order valence-corrected chi connectivity index (χ4v) is 1.47. The van der Waals surface area contributed by atoms with E-state index in [0.29, 0.717) is 12.5 Å². The van der Waals surface area contributed by atoms with Crippen LogP contribution in [0, 0.1) is 5.92 Å².